The molecule has 0 radical (unpaired) electrons. The molecule has 0 aromatic carbocycles. The van der Waals surface area contributed by atoms with E-state index in [-0.39, 0.29) is 6.04 Å². The Labute approximate surface area is 107 Å². The van der Waals surface area contributed by atoms with Crippen LogP contribution >= 0.6 is 0 Å². The maximum Gasteiger partial charge on any atom is 0.147 e. The molecule has 5 nitrogen and oxygen atoms in total. The molecule has 0 fully saturated rings. The van der Waals surface area contributed by atoms with Crippen LogP contribution in [-0.4, -0.2) is 22.6 Å². The molecular weight excluding hydrogens is 228 g/mol. The van der Waals surface area contributed by atoms with Crippen molar-refractivity contribution in [2.24, 2.45) is 0 Å². The highest BCUT2D eigenvalue weighted by Gasteiger charge is 2.07. The van der Waals surface area contributed by atoms with Crippen LogP contribution in [0.1, 0.15) is 19.6 Å². The average Bonchev–Trinajstić information content (AvgIpc) is 2.82. The van der Waals surface area contributed by atoms with Gasteiger partial charge in [0, 0.05) is 19.0 Å². The largest absolute Gasteiger partial charge is 0.469 e. The van der Waals surface area contributed by atoms with Crippen LogP contribution in [0.4, 0.5) is 11.6 Å². The van der Waals surface area contributed by atoms with Crippen molar-refractivity contribution in [1.29, 1.82) is 0 Å². The molecule has 2 aromatic rings. The van der Waals surface area contributed by atoms with E-state index in [1.807, 2.05) is 19.1 Å². The van der Waals surface area contributed by atoms with Crippen molar-refractivity contribution in [2.45, 2.75) is 26.3 Å². The van der Waals surface area contributed by atoms with Crippen molar-refractivity contribution in [1.82, 2.24) is 9.97 Å². The van der Waals surface area contributed by atoms with Crippen LogP contribution in [0, 0.1) is 0 Å². The Morgan fingerprint density at radius 2 is 2.17 bits per heavy atom. The van der Waals surface area contributed by atoms with Crippen molar-refractivity contribution >= 4 is 11.6 Å². The first kappa shape index (κ1) is 12.4. The molecule has 0 aliphatic heterocycles. The minimum absolute atomic E-state index is 0.238. The lowest BCUT2D eigenvalue weighted by atomic mass is 10.2. The van der Waals surface area contributed by atoms with Gasteiger partial charge in [0.25, 0.3) is 0 Å². The predicted molar refractivity (Wildman–Crippen MR) is 71.7 cm³/mol. The van der Waals surface area contributed by atoms with E-state index < -0.39 is 0 Å². The normalized spacial score (nSPS) is 12.1. The molecule has 18 heavy (non-hydrogen) atoms. The van der Waals surface area contributed by atoms with E-state index in [2.05, 4.69) is 27.5 Å². The Kier molecular flexibility index (Phi) is 4.17. The van der Waals surface area contributed by atoms with Gasteiger partial charge in [0.15, 0.2) is 0 Å². The van der Waals surface area contributed by atoms with Crippen LogP contribution in [0.5, 0.6) is 0 Å². The Hall–Kier alpha value is -2.04. The molecule has 1 atom stereocenters. The number of anilines is 2. The molecule has 1 unspecified atom stereocenters. The topological polar surface area (TPSA) is 63.0 Å². The van der Waals surface area contributed by atoms with E-state index >= 15 is 0 Å². The van der Waals surface area contributed by atoms with Gasteiger partial charge in [0.05, 0.1) is 18.7 Å². The summed E-state index contributed by atoms with van der Waals surface area (Å²) in [5, 5.41) is 6.44. The van der Waals surface area contributed by atoms with Gasteiger partial charge in [0.1, 0.15) is 17.4 Å². The fourth-order valence-corrected chi connectivity index (χ4v) is 1.74. The highest BCUT2D eigenvalue weighted by Crippen LogP contribution is 2.10. The molecule has 0 bridgehead atoms. The molecule has 0 saturated carbocycles. The fourth-order valence-electron chi connectivity index (χ4n) is 1.74. The van der Waals surface area contributed by atoms with Crippen LogP contribution in [0.15, 0.2) is 35.2 Å². The van der Waals surface area contributed by atoms with Gasteiger partial charge >= 0.3 is 0 Å². The van der Waals surface area contributed by atoms with Gasteiger partial charge in [-0.3, -0.25) is 4.98 Å². The van der Waals surface area contributed by atoms with Gasteiger partial charge < -0.3 is 15.1 Å². The zero-order valence-electron chi connectivity index (χ0n) is 10.7. The summed E-state index contributed by atoms with van der Waals surface area (Å²) in [6.45, 7) is 4.95. The first-order chi connectivity index (χ1) is 8.78. The van der Waals surface area contributed by atoms with Gasteiger partial charge in [-0.15, -0.1) is 0 Å². The van der Waals surface area contributed by atoms with Crippen LogP contribution in [0.2, 0.25) is 0 Å². The summed E-state index contributed by atoms with van der Waals surface area (Å²) in [5.74, 6) is 2.52. The molecule has 2 rings (SSSR count). The number of hydrogen-bond acceptors (Lipinski definition) is 5. The summed E-state index contributed by atoms with van der Waals surface area (Å²) in [6, 6.07) is 4.11. The van der Waals surface area contributed by atoms with Crippen LogP contribution in [0.25, 0.3) is 0 Å². The van der Waals surface area contributed by atoms with E-state index in [1.165, 1.54) is 0 Å². The van der Waals surface area contributed by atoms with E-state index in [0.29, 0.717) is 0 Å². The summed E-state index contributed by atoms with van der Waals surface area (Å²) < 4.78 is 5.32. The molecule has 0 amide bonds. The molecule has 0 aliphatic carbocycles. The highest BCUT2D eigenvalue weighted by atomic mass is 16.3. The minimum atomic E-state index is 0.238. The second-order valence-electron chi connectivity index (χ2n) is 4.15. The van der Waals surface area contributed by atoms with Gasteiger partial charge in [-0.2, -0.15) is 0 Å². The molecule has 2 heterocycles. The van der Waals surface area contributed by atoms with E-state index in [1.54, 1.807) is 18.7 Å². The second-order valence-corrected chi connectivity index (χ2v) is 4.15. The molecule has 96 valence electrons. The molecule has 0 saturated heterocycles. The van der Waals surface area contributed by atoms with E-state index in [0.717, 1.165) is 30.4 Å². The van der Waals surface area contributed by atoms with Crippen LogP contribution in [0.3, 0.4) is 0 Å². The number of furan rings is 1. The Balaban J connectivity index is 1.93. The van der Waals surface area contributed by atoms with Crippen molar-refractivity contribution in [3.8, 4) is 0 Å². The number of rotatable bonds is 6. The summed E-state index contributed by atoms with van der Waals surface area (Å²) in [6.07, 6.45) is 5.94. The molecule has 5 heteroatoms. The highest BCUT2D eigenvalue weighted by molar-refractivity contribution is 5.42. The zero-order valence-corrected chi connectivity index (χ0v) is 10.7. The number of aromatic nitrogens is 2. The van der Waals surface area contributed by atoms with Crippen LogP contribution < -0.4 is 10.6 Å². The third kappa shape index (κ3) is 3.48. The van der Waals surface area contributed by atoms with Gasteiger partial charge in [-0.25, -0.2) is 4.98 Å². The third-order valence-electron chi connectivity index (χ3n) is 2.47. The monoisotopic (exact) mass is 246 g/mol. The van der Waals surface area contributed by atoms with Crippen molar-refractivity contribution in [3.05, 3.63) is 36.5 Å². The van der Waals surface area contributed by atoms with Crippen molar-refractivity contribution in [3.63, 3.8) is 0 Å². The molecule has 2 aromatic heterocycles. The quantitative estimate of drug-likeness (QED) is 0.820. The third-order valence-corrected chi connectivity index (χ3v) is 2.47. The number of nitrogens with zero attached hydrogens (tertiary/aromatic N) is 2. The number of hydrogen-bond donors (Lipinski definition) is 2. The number of nitrogens with one attached hydrogen (secondary N) is 2. The Morgan fingerprint density at radius 3 is 2.89 bits per heavy atom. The summed E-state index contributed by atoms with van der Waals surface area (Å²) in [7, 11) is 0. The lowest BCUT2D eigenvalue weighted by Gasteiger charge is -2.13. The molecule has 0 aliphatic rings. The summed E-state index contributed by atoms with van der Waals surface area (Å²) in [4.78, 5) is 8.56. The first-order valence-electron chi connectivity index (χ1n) is 6.12. The SMILES string of the molecule is CCNc1cncc(NC(C)Cc2ccco2)n1. The van der Waals surface area contributed by atoms with Gasteiger partial charge in [-0.1, -0.05) is 0 Å². The van der Waals surface area contributed by atoms with Crippen molar-refractivity contribution in [2.75, 3.05) is 17.2 Å². The van der Waals surface area contributed by atoms with Crippen molar-refractivity contribution < 1.29 is 4.42 Å². The molecule has 0 spiro atoms. The minimum Gasteiger partial charge on any atom is -0.469 e. The summed E-state index contributed by atoms with van der Waals surface area (Å²) >= 11 is 0. The lowest BCUT2D eigenvalue weighted by molar-refractivity contribution is 0.497. The standard InChI is InChI=1S/C13H18N4O/c1-3-15-12-8-14-9-13(17-12)16-10(2)7-11-5-4-6-18-11/h4-6,8-10H,3,7H2,1-2H3,(H2,15,16,17). The molecule has 2 N–H and O–H groups in total. The van der Waals surface area contributed by atoms with Gasteiger partial charge in [-0.05, 0) is 26.0 Å². The smallest absolute Gasteiger partial charge is 0.147 e. The maximum absolute atomic E-state index is 5.32. The zero-order chi connectivity index (χ0) is 12.8. The van der Waals surface area contributed by atoms with Crippen LogP contribution in [-0.2, 0) is 6.42 Å². The lowest BCUT2D eigenvalue weighted by Crippen LogP contribution is -2.19. The average molecular weight is 246 g/mol. The maximum atomic E-state index is 5.32. The summed E-state index contributed by atoms with van der Waals surface area (Å²) in [5.41, 5.74) is 0. The Bertz CT molecular complexity index is 470. The van der Waals surface area contributed by atoms with Gasteiger partial charge in [0.2, 0.25) is 0 Å². The Morgan fingerprint density at radius 1 is 1.33 bits per heavy atom. The predicted octanol–water partition coefficient (Wildman–Crippen LogP) is 2.54. The fraction of sp³-hybridized carbons (Fsp3) is 0.385. The molecular formula is C13H18N4O. The second kappa shape index (κ2) is 6.05. The van der Waals surface area contributed by atoms with E-state index in [9.17, 15) is 0 Å². The first-order valence-corrected chi connectivity index (χ1v) is 6.12. The van der Waals surface area contributed by atoms with E-state index in [4.69, 9.17) is 4.42 Å².